The SMILES string of the molecule is COC(=O)c1sc(C)c(I)c1F. The van der Waals surface area contributed by atoms with Crippen LogP contribution in [-0.2, 0) is 4.74 Å². The summed E-state index contributed by atoms with van der Waals surface area (Å²) in [6, 6.07) is 0. The lowest BCUT2D eigenvalue weighted by atomic mass is 10.4. The van der Waals surface area contributed by atoms with Crippen molar-refractivity contribution in [3.63, 3.8) is 0 Å². The summed E-state index contributed by atoms with van der Waals surface area (Å²) in [7, 11) is 1.24. The van der Waals surface area contributed by atoms with E-state index in [0.717, 1.165) is 16.2 Å². The minimum Gasteiger partial charge on any atom is -0.465 e. The molecule has 0 saturated carbocycles. The standard InChI is InChI=1S/C7H6FIO2S/c1-3-5(9)4(8)6(12-3)7(10)11-2/h1-2H3. The number of thiophene rings is 1. The molecule has 66 valence electrons. The zero-order valence-electron chi connectivity index (χ0n) is 6.48. The van der Waals surface area contributed by atoms with Crippen molar-refractivity contribution >= 4 is 39.9 Å². The van der Waals surface area contributed by atoms with Gasteiger partial charge in [0, 0.05) is 4.88 Å². The molecule has 5 heteroatoms. The molecule has 0 aromatic carbocycles. The fraction of sp³-hybridized carbons (Fsp3) is 0.286. The Kier molecular flexibility index (Phi) is 3.05. The Morgan fingerprint density at radius 1 is 1.67 bits per heavy atom. The zero-order valence-corrected chi connectivity index (χ0v) is 9.45. The second kappa shape index (κ2) is 3.69. The van der Waals surface area contributed by atoms with Crippen LogP contribution in [0.15, 0.2) is 0 Å². The molecule has 0 aliphatic heterocycles. The van der Waals surface area contributed by atoms with Gasteiger partial charge >= 0.3 is 5.97 Å². The molecule has 0 radical (unpaired) electrons. The van der Waals surface area contributed by atoms with E-state index in [9.17, 15) is 9.18 Å². The van der Waals surface area contributed by atoms with Crippen molar-refractivity contribution in [2.45, 2.75) is 6.92 Å². The molecule has 0 atom stereocenters. The van der Waals surface area contributed by atoms with E-state index in [4.69, 9.17) is 0 Å². The summed E-state index contributed by atoms with van der Waals surface area (Å²) in [5, 5.41) is 0. The van der Waals surface area contributed by atoms with Crippen LogP contribution < -0.4 is 0 Å². The summed E-state index contributed by atoms with van der Waals surface area (Å²) in [4.78, 5) is 11.8. The summed E-state index contributed by atoms with van der Waals surface area (Å²) in [6.45, 7) is 1.77. The van der Waals surface area contributed by atoms with Gasteiger partial charge in [0.1, 0.15) is 4.88 Å². The van der Waals surface area contributed by atoms with Gasteiger partial charge in [0.15, 0.2) is 5.82 Å². The van der Waals surface area contributed by atoms with E-state index in [-0.39, 0.29) is 4.88 Å². The first-order valence-electron chi connectivity index (χ1n) is 3.10. The van der Waals surface area contributed by atoms with Crippen LogP contribution in [0.1, 0.15) is 14.5 Å². The highest BCUT2D eigenvalue weighted by Crippen LogP contribution is 2.28. The maximum absolute atomic E-state index is 13.2. The quantitative estimate of drug-likeness (QED) is 0.588. The average Bonchev–Trinajstić information content (AvgIpc) is 2.32. The van der Waals surface area contributed by atoms with E-state index in [1.54, 1.807) is 6.92 Å². The van der Waals surface area contributed by atoms with Crippen LogP contribution in [0, 0.1) is 16.3 Å². The average molecular weight is 300 g/mol. The van der Waals surface area contributed by atoms with Crippen molar-refractivity contribution in [1.82, 2.24) is 0 Å². The Bertz CT molecular complexity index is 321. The predicted molar refractivity (Wildman–Crippen MR) is 53.1 cm³/mol. The first-order valence-corrected chi connectivity index (χ1v) is 5.00. The number of carbonyl (C=O) groups is 1. The maximum atomic E-state index is 13.2. The van der Waals surface area contributed by atoms with Crippen molar-refractivity contribution in [3.05, 3.63) is 19.1 Å². The number of hydrogen-bond acceptors (Lipinski definition) is 3. The van der Waals surface area contributed by atoms with Gasteiger partial charge in [0.25, 0.3) is 0 Å². The number of ether oxygens (including phenoxy) is 1. The van der Waals surface area contributed by atoms with Gasteiger partial charge in [-0.2, -0.15) is 0 Å². The van der Waals surface area contributed by atoms with E-state index >= 15 is 0 Å². The molecule has 1 aromatic heterocycles. The molecule has 0 bridgehead atoms. The van der Waals surface area contributed by atoms with Gasteiger partial charge in [-0.3, -0.25) is 0 Å². The summed E-state index contributed by atoms with van der Waals surface area (Å²) in [5.41, 5.74) is 0. The Labute approximate surface area is 86.9 Å². The Hall–Kier alpha value is -0.170. The number of methoxy groups -OCH3 is 1. The van der Waals surface area contributed by atoms with Gasteiger partial charge in [-0.25, -0.2) is 9.18 Å². The maximum Gasteiger partial charge on any atom is 0.351 e. The first kappa shape index (κ1) is 9.91. The topological polar surface area (TPSA) is 26.3 Å². The molecule has 12 heavy (non-hydrogen) atoms. The number of halogens is 2. The van der Waals surface area contributed by atoms with E-state index in [2.05, 4.69) is 4.74 Å². The second-order valence-electron chi connectivity index (χ2n) is 2.11. The number of aryl methyl sites for hydroxylation is 1. The van der Waals surface area contributed by atoms with Gasteiger partial charge in [0.05, 0.1) is 10.7 Å². The highest BCUT2D eigenvalue weighted by atomic mass is 127. The monoisotopic (exact) mass is 300 g/mol. The molecule has 0 fully saturated rings. The van der Waals surface area contributed by atoms with Crippen LogP contribution >= 0.6 is 33.9 Å². The van der Waals surface area contributed by atoms with Gasteiger partial charge in [-0.1, -0.05) is 0 Å². The molecule has 0 unspecified atom stereocenters. The molecule has 0 aliphatic rings. The molecule has 2 nitrogen and oxygen atoms in total. The van der Waals surface area contributed by atoms with Gasteiger partial charge < -0.3 is 4.74 Å². The van der Waals surface area contributed by atoms with E-state index in [1.165, 1.54) is 7.11 Å². The molecular formula is C7H6FIO2S. The van der Waals surface area contributed by atoms with Gasteiger partial charge in [-0.15, -0.1) is 11.3 Å². The lowest BCUT2D eigenvalue weighted by Crippen LogP contribution is -2.00. The molecule has 0 aliphatic carbocycles. The summed E-state index contributed by atoms with van der Waals surface area (Å²) in [5.74, 6) is -1.08. The molecule has 1 rings (SSSR count). The van der Waals surface area contributed by atoms with Crippen LogP contribution in [0.5, 0.6) is 0 Å². The lowest BCUT2D eigenvalue weighted by molar-refractivity contribution is 0.0601. The molecule has 0 N–H and O–H groups in total. The predicted octanol–water partition coefficient (Wildman–Crippen LogP) is 2.59. The highest BCUT2D eigenvalue weighted by Gasteiger charge is 2.19. The van der Waals surface area contributed by atoms with Crippen molar-refractivity contribution in [2.24, 2.45) is 0 Å². The third-order valence-electron chi connectivity index (χ3n) is 1.33. The molecule has 1 heterocycles. The number of hydrogen-bond donors (Lipinski definition) is 0. The number of carbonyl (C=O) groups excluding carboxylic acids is 1. The van der Waals surface area contributed by atoms with Crippen molar-refractivity contribution in [3.8, 4) is 0 Å². The second-order valence-corrected chi connectivity index (χ2v) is 4.41. The highest BCUT2D eigenvalue weighted by molar-refractivity contribution is 14.1. The first-order chi connectivity index (χ1) is 5.57. The fourth-order valence-electron chi connectivity index (χ4n) is 0.721. The third-order valence-corrected chi connectivity index (χ3v) is 4.04. The Morgan fingerprint density at radius 3 is 2.58 bits per heavy atom. The largest absolute Gasteiger partial charge is 0.465 e. The summed E-state index contributed by atoms with van der Waals surface area (Å²) < 4.78 is 18.1. The summed E-state index contributed by atoms with van der Waals surface area (Å²) in [6.07, 6.45) is 0. The van der Waals surface area contributed by atoms with Gasteiger partial charge in [-0.05, 0) is 29.5 Å². The minimum absolute atomic E-state index is 0.0550. The number of esters is 1. The van der Waals surface area contributed by atoms with E-state index in [0.29, 0.717) is 3.57 Å². The van der Waals surface area contributed by atoms with E-state index < -0.39 is 11.8 Å². The lowest BCUT2D eigenvalue weighted by Gasteiger charge is -1.92. The van der Waals surface area contributed by atoms with Crippen LogP contribution in [0.2, 0.25) is 0 Å². The smallest absolute Gasteiger partial charge is 0.351 e. The van der Waals surface area contributed by atoms with Crippen LogP contribution in [0.4, 0.5) is 4.39 Å². The van der Waals surface area contributed by atoms with Crippen LogP contribution in [0.3, 0.4) is 0 Å². The molecule has 1 aromatic rings. The minimum atomic E-state index is -0.608. The molecule has 0 amide bonds. The Balaban J connectivity index is 3.17. The van der Waals surface area contributed by atoms with Gasteiger partial charge in [0.2, 0.25) is 0 Å². The third kappa shape index (κ3) is 1.61. The Morgan fingerprint density at radius 2 is 2.25 bits per heavy atom. The van der Waals surface area contributed by atoms with Crippen molar-refractivity contribution < 1.29 is 13.9 Å². The van der Waals surface area contributed by atoms with Crippen LogP contribution in [-0.4, -0.2) is 13.1 Å². The molecule has 0 spiro atoms. The zero-order chi connectivity index (χ0) is 9.30. The molecular weight excluding hydrogens is 294 g/mol. The molecule has 0 saturated heterocycles. The van der Waals surface area contributed by atoms with Crippen LogP contribution in [0.25, 0.3) is 0 Å². The summed E-state index contributed by atoms with van der Waals surface area (Å²) >= 11 is 2.98. The fourth-order valence-corrected chi connectivity index (χ4v) is 2.35. The van der Waals surface area contributed by atoms with Crippen molar-refractivity contribution in [1.29, 1.82) is 0 Å². The normalized spacial score (nSPS) is 10.0. The van der Waals surface area contributed by atoms with Crippen molar-refractivity contribution in [2.75, 3.05) is 7.11 Å². The number of rotatable bonds is 1. The van der Waals surface area contributed by atoms with E-state index in [1.807, 2.05) is 22.6 Å².